The van der Waals surface area contributed by atoms with Crippen LogP contribution in [-0.4, -0.2) is 32.3 Å². The second kappa shape index (κ2) is 4.73. The number of hydrogen-bond acceptors (Lipinski definition) is 3. The molecule has 3 N–H and O–H groups in total. The van der Waals surface area contributed by atoms with Crippen molar-refractivity contribution in [3.05, 3.63) is 0 Å². The van der Waals surface area contributed by atoms with Gasteiger partial charge in [0.1, 0.15) is 0 Å². The van der Waals surface area contributed by atoms with Gasteiger partial charge in [-0.3, -0.25) is 0 Å². The average molecular weight is 132 g/mol. The van der Waals surface area contributed by atoms with E-state index in [-0.39, 0.29) is 13.5 Å². The van der Waals surface area contributed by atoms with Gasteiger partial charge in [0.15, 0.2) is 0 Å². The summed E-state index contributed by atoms with van der Waals surface area (Å²) in [6.07, 6.45) is 0.253. The number of ether oxygens (including phenoxy) is 1. The summed E-state index contributed by atoms with van der Waals surface area (Å²) in [7, 11) is 0. The molecular formula is C6H16N2O. The standard InChI is InChI=1S/C5H12N2O.CH4/c6-3-5-4-7-1-2-8-5;/h5,7H,1-4,6H2;1H4. The average Bonchev–Trinajstić information content (AvgIpc) is 1.90. The van der Waals surface area contributed by atoms with Crippen LogP contribution in [-0.2, 0) is 4.74 Å². The van der Waals surface area contributed by atoms with Gasteiger partial charge in [0, 0.05) is 19.6 Å². The molecule has 3 nitrogen and oxygen atoms in total. The van der Waals surface area contributed by atoms with Gasteiger partial charge in [-0.1, -0.05) is 7.43 Å². The highest BCUT2D eigenvalue weighted by molar-refractivity contribution is 4.66. The summed E-state index contributed by atoms with van der Waals surface area (Å²) in [6, 6.07) is 0. The first-order valence-electron chi connectivity index (χ1n) is 2.96. The lowest BCUT2D eigenvalue weighted by atomic mass is 10.3. The Kier molecular flexibility index (Phi) is 4.67. The van der Waals surface area contributed by atoms with Crippen LogP contribution >= 0.6 is 0 Å². The molecule has 3 heteroatoms. The van der Waals surface area contributed by atoms with Gasteiger partial charge in [-0.2, -0.15) is 0 Å². The molecule has 0 bridgehead atoms. The lowest BCUT2D eigenvalue weighted by Crippen LogP contribution is -2.42. The fourth-order valence-corrected chi connectivity index (χ4v) is 0.771. The van der Waals surface area contributed by atoms with E-state index < -0.39 is 0 Å². The molecule has 1 rings (SSSR count). The van der Waals surface area contributed by atoms with Crippen LogP contribution in [0.2, 0.25) is 0 Å². The Morgan fingerprint density at radius 3 is 2.78 bits per heavy atom. The topological polar surface area (TPSA) is 47.3 Å². The van der Waals surface area contributed by atoms with Crippen LogP contribution < -0.4 is 11.1 Å². The maximum absolute atomic E-state index is 5.34. The molecule has 1 atom stereocenters. The fraction of sp³-hybridized carbons (Fsp3) is 1.00. The van der Waals surface area contributed by atoms with Gasteiger partial charge in [0.2, 0.25) is 0 Å². The summed E-state index contributed by atoms with van der Waals surface area (Å²) < 4.78 is 5.24. The molecule has 0 aromatic heterocycles. The zero-order valence-corrected chi connectivity index (χ0v) is 4.89. The molecule has 9 heavy (non-hydrogen) atoms. The number of nitrogens with two attached hydrogens (primary N) is 1. The number of nitrogens with one attached hydrogen (secondary N) is 1. The summed E-state index contributed by atoms with van der Waals surface area (Å²) in [4.78, 5) is 0. The van der Waals surface area contributed by atoms with Gasteiger partial charge in [-0.05, 0) is 0 Å². The summed E-state index contributed by atoms with van der Waals surface area (Å²) in [5.74, 6) is 0. The third-order valence-corrected chi connectivity index (χ3v) is 1.27. The minimum Gasteiger partial charge on any atom is -0.374 e. The highest BCUT2D eigenvalue weighted by atomic mass is 16.5. The quantitative estimate of drug-likeness (QED) is 0.509. The predicted molar refractivity (Wildman–Crippen MR) is 38.4 cm³/mol. The number of hydrogen-bond donors (Lipinski definition) is 2. The monoisotopic (exact) mass is 132 g/mol. The van der Waals surface area contributed by atoms with E-state index in [9.17, 15) is 0 Å². The maximum Gasteiger partial charge on any atom is 0.0822 e. The van der Waals surface area contributed by atoms with Crippen LogP contribution in [0.15, 0.2) is 0 Å². The summed E-state index contributed by atoms with van der Waals surface area (Å²) in [6.45, 7) is 3.32. The van der Waals surface area contributed by atoms with Gasteiger partial charge in [0.05, 0.1) is 12.7 Å². The molecule has 1 heterocycles. The van der Waals surface area contributed by atoms with Crippen molar-refractivity contribution in [2.45, 2.75) is 13.5 Å². The first-order chi connectivity index (χ1) is 3.93. The second-order valence-corrected chi connectivity index (χ2v) is 1.93. The molecule has 1 fully saturated rings. The maximum atomic E-state index is 5.34. The predicted octanol–water partition coefficient (Wildman–Crippen LogP) is -0.430. The minimum absolute atomic E-state index is 0. The van der Waals surface area contributed by atoms with Crippen molar-refractivity contribution in [2.24, 2.45) is 5.73 Å². The largest absolute Gasteiger partial charge is 0.374 e. The molecule has 0 aromatic carbocycles. The summed E-state index contributed by atoms with van der Waals surface area (Å²) in [5, 5.41) is 3.18. The first-order valence-corrected chi connectivity index (χ1v) is 2.96. The molecule has 0 amide bonds. The van der Waals surface area contributed by atoms with E-state index in [0.29, 0.717) is 6.54 Å². The van der Waals surface area contributed by atoms with Gasteiger partial charge in [-0.25, -0.2) is 0 Å². The highest BCUT2D eigenvalue weighted by Crippen LogP contribution is 1.91. The molecule has 0 saturated carbocycles. The van der Waals surface area contributed by atoms with E-state index in [2.05, 4.69) is 5.32 Å². The van der Waals surface area contributed by atoms with E-state index in [1.54, 1.807) is 0 Å². The molecular weight excluding hydrogens is 116 g/mol. The van der Waals surface area contributed by atoms with Crippen molar-refractivity contribution in [1.29, 1.82) is 0 Å². The van der Waals surface area contributed by atoms with Gasteiger partial charge < -0.3 is 15.8 Å². The van der Waals surface area contributed by atoms with Crippen molar-refractivity contribution in [1.82, 2.24) is 5.32 Å². The normalized spacial score (nSPS) is 27.0. The van der Waals surface area contributed by atoms with Crippen LogP contribution in [0.5, 0.6) is 0 Å². The van der Waals surface area contributed by atoms with E-state index in [1.807, 2.05) is 0 Å². The molecule has 1 aliphatic rings. The van der Waals surface area contributed by atoms with E-state index in [1.165, 1.54) is 0 Å². The van der Waals surface area contributed by atoms with Crippen LogP contribution in [0.25, 0.3) is 0 Å². The van der Waals surface area contributed by atoms with E-state index in [0.717, 1.165) is 19.7 Å². The fourth-order valence-electron chi connectivity index (χ4n) is 0.771. The Balaban J connectivity index is 0.000000640. The third kappa shape index (κ3) is 2.79. The Labute approximate surface area is 56.6 Å². The Morgan fingerprint density at radius 2 is 2.44 bits per heavy atom. The van der Waals surface area contributed by atoms with Crippen LogP contribution in [0.1, 0.15) is 7.43 Å². The molecule has 0 aliphatic carbocycles. The zero-order valence-electron chi connectivity index (χ0n) is 4.89. The minimum atomic E-state index is 0. The van der Waals surface area contributed by atoms with Gasteiger partial charge in [0.25, 0.3) is 0 Å². The van der Waals surface area contributed by atoms with Crippen LogP contribution in [0.4, 0.5) is 0 Å². The molecule has 1 unspecified atom stereocenters. The van der Waals surface area contributed by atoms with Crippen molar-refractivity contribution < 1.29 is 4.74 Å². The molecule has 1 aliphatic heterocycles. The smallest absolute Gasteiger partial charge is 0.0822 e. The van der Waals surface area contributed by atoms with Gasteiger partial charge in [-0.15, -0.1) is 0 Å². The summed E-state index contributed by atoms with van der Waals surface area (Å²) >= 11 is 0. The lowest BCUT2D eigenvalue weighted by Gasteiger charge is -2.21. The SMILES string of the molecule is C.NCC1CNCCO1. The number of rotatable bonds is 1. The Morgan fingerprint density at radius 1 is 1.67 bits per heavy atom. The zero-order chi connectivity index (χ0) is 5.82. The van der Waals surface area contributed by atoms with Crippen LogP contribution in [0, 0.1) is 0 Å². The van der Waals surface area contributed by atoms with Crippen molar-refractivity contribution in [2.75, 3.05) is 26.2 Å². The molecule has 0 aromatic rings. The Bertz CT molecular complexity index is 62.1. The van der Waals surface area contributed by atoms with Crippen molar-refractivity contribution in [3.63, 3.8) is 0 Å². The van der Waals surface area contributed by atoms with E-state index >= 15 is 0 Å². The van der Waals surface area contributed by atoms with E-state index in [4.69, 9.17) is 10.5 Å². The summed E-state index contributed by atoms with van der Waals surface area (Å²) in [5.41, 5.74) is 5.34. The van der Waals surface area contributed by atoms with Crippen molar-refractivity contribution in [3.8, 4) is 0 Å². The molecule has 1 saturated heterocycles. The lowest BCUT2D eigenvalue weighted by molar-refractivity contribution is 0.0346. The van der Waals surface area contributed by atoms with Crippen molar-refractivity contribution >= 4 is 0 Å². The highest BCUT2D eigenvalue weighted by Gasteiger charge is 2.09. The Hall–Kier alpha value is -0.120. The molecule has 56 valence electrons. The van der Waals surface area contributed by atoms with Gasteiger partial charge >= 0.3 is 0 Å². The third-order valence-electron chi connectivity index (χ3n) is 1.27. The second-order valence-electron chi connectivity index (χ2n) is 1.93. The molecule has 0 radical (unpaired) electrons. The first kappa shape index (κ1) is 8.88. The van der Waals surface area contributed by atoms with Crippen LogP contribution in [0.3, 0.4) is 0 Å². The molecule has 0 spiro atoms. The number of morpholine rings is 1.